The Labute approximate surface area is 174 Å². The van der Waals surface area contributed by atoms with Crippen molar-refractivity contribution in [1.82, 2.24) is 20.9 Å². The van der Waals surface area contributed by atoms with Crippen molar-refractivity contribution >= 4 is 27.6 Å². The quantitative estimate of drug-likeness (QED) is 0.517. The van der Waals surface area contributed by atoms with Crippen molar-refractivity contribution in [2.75, 3.05) is 24.6 Å². The molecule has 0 spiro atoms. The van der Waals surface area contributed by atoms with Crippen molar-refractivity contribution < 1.29 is 22.8 Å². The standard InChI is InChI=1S/C20H24N4O5S/c25-17-4-3-16(18(26)23-17)24-8-13-2-1-12(5-15(13)19(24)27)6-22-20-10-21-7-14(20)9-30(28,29)11-20/h1-2,5,14,16,21-22H,3-4,6-11H2,(H,23,25,26)/t14-,16?,20-/m0/s1. The van der Waals surface area contributed by atoms with Gasteiger partial charge in [-0.1, -0.05) is 12.1 Å². The lowest BCUT2D eigenvalue weighted by Gasteiger charge is -2.29. The van der Waals surface area contributed by atoms with E-state index in [1.807, 2.05) is 18.2 Å². The third-order valence-electron chi connectivity index (χ3n) is 6.78. The molecule has 30 heavy (non-hydrogen) atoms. The van der Waals surface area contributed by atoms with Crippen LogP contribution in [0.3, 0.4) is 0 Å². The minimum atomic E-state index is -3.04. The number of amides is 3. The number of hydrogen-bond donors (Lipinski definition) is 3. The average Bonchev–Trinajstić information content (AvgIpc) is 3.28. The van der Waals surface area contributed by atoms with Crippen LogP contribution in [-0.2, 0) is 32.5 Å². The van der Waals surface area contributed by atoms with E-state index in [4.69, 9.17) is 0 Å². The van der Waals surface area contributed by atoms with Crippen molar-refractivity contribution in [3.05, 3.63) is 34.9 Å². The fraction of sp³-hybridized carbons (Fsp3) is 0.550. The molecule has 3 atom stereocenters. The number of carbonyl (C=O) groups is 3. The predicted molar refractivity (Wildman–Crippen MR) is 107 cm³/mol. The van der Waals surface area contributed by atoms with Gasteiger partial charge in [0.2, 0.25) is 11.8 Å². The molecule has 0 aliphatic carbocycles. The molecule has 0 radical (unpaired) electrons. The molecule has 3 amide bonds. The summed E-state index contributed by atoms with van der Waals surface area (Å²) in [5.41, 5.74) is 1.87. The monoisotopic (exact) mass is 432 g/mol. The second-order valence-electron chi connectivity index (χ2n) is 8.78. The molecule has 3 fully saturated rings. The number of piperidine rings is 1. The largest absolute Gasteiger partial charge is 0.322 e. The molecule has 4 heterocycles. The summed E-state index contributed by atoms with van der Waals surface area (Å²) in [6.45, 7) is 2.12. The first kappa shape index (κ1) is 19.7. The van der Waals surface area contributed by atoms with Crippen LogP contribution in [-0.4, -0.2) is 67.2 Å². The zero-order valence-electron chi connectivity index (χ0n) is 16.4. The highest BCUT2D eigenvalue weighted by molar-refractivity contribution is 7.91. The second-order valence-corrected chi connectivity index (χ2v) is 10.9. The average molecular weight is 433 g/mol. The SMILES string of the molecule is O=C1CCC(N2Cc3ccc(CN[C@]45CNC[C@H]4CS(=O)(=O)C5)cc3C2=O)C(=O)N1. The Morgan fingerprint density at radius 1 is 1.23 bits per heavy atom. The number of benzene rings is 1. The number of fused-ring (bicyclic) bond motifs is 2. The van der Waals surface area contributed by atoms with Crippen LogP contribution in [0.15, 0.2) is 18.2 Å². The van der Waals surface area contributed by atoms with Crippen LogP contribution in [0.1, 0.15) is 34.3 Å². The van der Waals surface area contributed by atoms with Gasteiger partial charge in [0.1, 0.15) is 6.04 Å². The van der Waals surface area contributed by atoms with Crippen LogP contribution in [0.2, 0.25) is 0 Å². The third kappa shape index (κ3) is 3.23. The van der Waals surface area contributed by atoms with E-state index in [1.54, 1.807) is 0 Å². The first-order valence-corrected chi connectivity index (χ1v) is 12.0. The second kappa shape index (κ2) is 6.86. The van der Waals surface area contributed by atoms with Gasteiger partial charge in [-0.15, -0.1) is 0 Å². The smallest absolute Gasteiger partial charge is 0.255 e. The number of sulfone groups is 1. The Balaban J connectivity index is 1.31. The van der Waals surface area contributed by atoms with Crippen molar-refractivity contribution in [3.8, 4) is 0 Å². The number of rotatable bonds is 4. The molecule has 0 bridgehead atoms. The summed E-state index contributed by atoms with van der Waals surface area (Å²) in [4.78, 5) is 38.0. The summed E-state index contributed by atoms with van der Waals surface area (Å²) in [6.07, 6.45) is 0.566. The third-order valence-corrected chi connectivity index (χ3v) is 8.65. The van der Waals surface area contributed by atoms with Gasteiger partial charge < -0.3 is 15.5 Å². The highest BCUT2D eigenvalue weighted by atomic mass is 32.2. The lowest BCUT2D eigenvalue weighted by Crippen LogP contribution is -2.52. The Morgan fingerprint density at radius 3 is 2.87 bits per heavy atom. The topological polar surface area (TPSA) is 125 Å². The summed E-state index contributed by atoms with van der Waals surface area (Å²) in [7, 11) is -3.04. The molecule has 1 unspecified atom stereocenters. The van der Waals surface area contributed by atoms with E-state index in [1.165, 1.54) is 4.90 Å². The van der Waals surface area contributed by atoms with Crippen LogP contribution in [0.4, 0.5) is 0 Å². The normalized spacial score (nSPS) is 32.3. The first-order chi connectivity index (χ1) is 14.3. The fourth-order valence-electron chi connectivity index (χ4n) is 5.20. The molecule has 160 valence electrons. The first-order valence-electron chi connectivity index (χ1n) is 10.2. The lowest BCUT2D eigenvalue weighted by atomic mass is 9.90. The Hall–Kier alpha value is -2.30. The molecule has 1 aromatic rings. The van der Waals surface area contributed by atoms with E-state index in [-0.39, 0.29) is 35.7 Å². The van der Waals surface area contributed by atoms with Crippen molar-refractivity contribution in [3.63, 3.8) is 0 Å². The van der Waals surface area contributed by atoms with Gasteiger partial charge in [-0.25, -0.2) is 8.42 Å². The van der Waals surface area contributed by atoms with Crippen LogP contribution < -0.4 is 16.0 Å². The molecule has 9 nitrogen and oxygen atoms in total. The van der Waals surface area contributed by atoms with Gasteiger partial charge in [0.25, 0.3) is 5.91 Å². The van der Waals surface area contributed by atoms with Crippen LogP contribution >= 0.6 is 0 Å². The molecule has 3 saturated heterocycles. The lowest BCUT2D eigenvalue weighted by molar-refractivity contribution is -0.136. The molecule has 0 saturated carbocycles. The zero-order valence-corrected chi connectivity index (χ0v) is 17.3. The van der Waals surface area contributed by atoms with E-state index < -0.39 is 27.3 Å². The summed E-state index contributed by atoms with van der Waals surface area (Å²) in [6, 6.07) is 5.03. The molecule has 4 aliphatic heterocycles. The van der Waals surface area contributed by atoms with Gasteiger partial charge in [-0.05, 0) is 23.6 Å². The minimum absolute atomic E-state index is 0.0570. The number of carbonyl (C=O) groups excluding carboxylic acids is 3. The van der Waals surface area contributed by atoms with Gasteiger partial charge in [-0.2, -0.15) is 0 Å². The minimum Gasteiger partial charge on any atom is -0.322 e. The fourth-order valence-corrected chi connectivity index (χ4v) is 7.59. The van der Waals surface area contributed by atoms with Gasteiger partial charge >= 0.3 is 0 Å². The molecule has 3 N–H and O–H groups in total. The van der Waals surface area contributed by atoms with Crippen molar-refractivity contribution in [2.24, 2.45) is 5.92 Å². The van der Waals surface area contributed by atoms with Crippen molar-refractivity contribution in [1.29, 1.82) is 0 Å². The molecule has 1 aromatic carbocycles. The van der Waals surface area contributed by atoms with E-state index in [9.17, 15) is 22.8 Å². The predicted octanol–water partition coefficient (Wildman–Crippen LogP) is -1.08. The van der Waals surface area contributed by atoms with Gasteiger partial charge in [-0.3, -0.25) is 19.7 Å². The highest BCUT2D eigenvalue weighted by Gasteiger charge is 2.52. The Bertz CT molecular complexity index is 1060. The van der Waals surface area contributed by atoms with Crippen LogP contribution in [0.5, 0.6) is 0 Å². The van der Waals surface area contributed by atoms with E-state index in [2.05, 4.69) is 16.0 Å². The zero-order chi connectivity index (χ0) is 21.1. The van der Waals surface area contributed by atoms with E-state index in [0.717, 1.165) is 11.1 Å². The van der Waals surface area contributed by atoms with Crippen LogP contribution in [0.25, 0.3) is 0 Å². The summed E-state index contributed by atoms with van der Waals surface area (Å²) < 4.78 is 24.2. The molecule has 5 rings (SSSR count). The number of nitrogens with one attached hydrogen (secondary N) is 3. The summed E-state index contributed by atoms with van der Waals surface area (Å²) in [5, 5.41) is 9.05. The maximum absolute atomic E-state index is 13.0. The molecule has 4 aliphatic rings. The van der Waals surface area contributed by atoms with Gasteiger partial charge in [0.15, 0.2) is 9.84 Å². The molecular formula is C20H24N4O5S. The summed E-state index contributed by atoms with van der Waals surface area (Å²) >= 11 is 0. The van der Waals surface area contributed by atoms with Crippen molar-refractivity contribution in [2.45, 2.75) is 37.5 Å². The van der Waals surface area contributed by atoms with E-state index in [0.29, 0.717) is 38.2 Å². The Morgan fingerprint density at radius 2 is 2.07 bits per heavy atom. The maximum Gasteiger partial charge on any atom is 0.255 e. The highest BCUT2D eigenvalue weighted by Crippen LogP contribution is 2.33. The summed E-state index contributed by atoms with van der Waals surface area (Å²) in [5.74, 6) is -0.538. The number of nitrogens with zero attached hydrogens (tertiary/aromatic N) is 1. The van der Waals surface area contributed by atoms with Crippen LogP contribution in [0, 0.1) is 5.92 Å². The molecular weight excluding hydrogens is 408 g/mol. The van der Waals surface area contributed by atoms with Gasteiger partial charge in [0, 0.05) is 49.6 Å². The molecule has 0 aromatic heterocycles. The molecule has 10 heteroatoms. The Kier molecular flexibility index (Phi) is 4.49. The maximum atomic E-state index is 13.0. The number of imide groups is 1. The van der Waals surface area contributed by atoms with Gasteiger partial charge in [0.05, 0.1) is 11.5 Å². The number of hydrogen-bond acceptors (Lipinski definition) is 7. The van der Waals surface area contributed by atoms with E-state index >= 15 is 0 Å².